The van der Waals surface area contributed by atoms with Gasteiger partial charge in [-0.25, -0.2) is 0 Å². The fourth-order valence-corrected chi connectivity index (χ4v) is 2.07. The molecule has 2 rings (SSSR count). The van der Waals surface area contributed by atoms with E-state index in [-0.39, 0.29) is 0 Å². The van der Waals surface area contributed by atoms with Crippen molar-refractivity contribution in [3.05, 3.63) is 34.8 Å². The summed E-state index contributed by atoms with van der Waals surface area (Å²) in [7, 11) is 1.68. The van der Waals surface area contributed by atoms with E-state index in [0.29, 0.717) is 12.4 Å². The number of nitrogens with two attached hydrogens (primary N) is 1. The lowest BCUT2D eigenvalue weighted by Gasteiger charge is -2.12. The Morgan fingerprint density at radius 1 is 1.33 bits per heavy atom. The zero-order valence-corrected chi connectivity index (χ0v) is 11.2. The van der Waals surface area contributed by atoms with Gasteiger partial charge in [0.25, 0.3) is 0 Å². The summed E-state index contributed by atoms with van der Waals surface area (Å²) in [6.45, 7) is 6.58. The second-order valence-corrected chi connectivity index (χ2v) is 4.41. The van der Waals surface area contributed by atoms with E-state index in [4.69, 9.17) is 10.5 Å². The molecule has 2 aromatic heterocycles. The van der Waals surface area contributed by atoms with Gasteiger partial charge in [-0.2, -0.15) is 5.10 Å². The quantitative estimate of drug-likeness (QED) is 0.897. The molecule has 2 N–H and O–H groups in total. The van der Waals surface area contributed by atoms with Gasteiger partial charge in [-0.1, -0.05) is 0 Å². The lowest BCUT2D eigenvalue weighted by Crippen LogP contribution is -2.09. The van der Waals surface area contributed by atoms with E-state index < -0.39 is 0 Å². The predicted molar refractivity (Wildman–Crippen MR) is 70.7 cm³/mol. The molecule has 0 amide bonds. The van der Waals surface area contributed by atoms with Gasteiger partial charge >= 0.3 is 0 Å². The van der Waals surface area contributed by atoms with Crippen LogP contribution in [0.2, 0.25) is 0 Å². The van der Waals surface area contributed by atoms with Crippen LogP contribution in [-0.2, 0) is 6.54 Å². The third kappa shape index (κ3) is 2.16. The van der Waals surface area contributed by atoms with Crippen molar-refractivity contribution < 1.29 is 4.74 Å². The molecule has 0 unspecified atom stereocenters. The highest BCUT2D eigenvalue weighted by Crippen LogP contribution is 2.24. The number of rotatable bonds is 3. The first-order valence-corrected chi connectivity index (χ1v) is 5.82. The summed E-state index contributed by atoms with van der Waals surface area (Å²) in [5, 5.41) is 4.24. The predicted octanol–water partition coefficient (Wildman–Crippen LogP) is 1.84. The molecule has 0 atom stereocenters. The van der Waals surface area contributed by atoms with Crippen LogP contribution in [0.4, 0.5) is 5.82 Å². The summed E-state index contributed by atoms with van der Waals surface area (Å²) >= 11 is 0. The van der Waals surface area contributed by atoms with Crippen LogP contribution in [0.15, 0.2) is 12.3 Å². The van der Waals surface area contributed by atoms with Gasteiger partial charge in [-0.3, -0.25) is 9.67 Å². The van der Waals surface area contributed by atoms with Crippen molar-refractivity contribution in [1.29, 1.82) is 0 Å². The zero-order valence-electron chi connectivity index (χ0n) is 11.2. The van der Waals surface area contributed by atoms with Gasteiger partial charge in [0.2, 0.25) is 0 Å². The fraction of sp³-hybridized carbons (Fsp3) is 0.385. The van der Waals surface area contributed by atoms with Crippen LogP contribution in [0.1, 0.15) is 22.5 Å². The van der Waals surface area contributed by atoms with Crippen molar-refractivity contribution in [1.82, 2.24) is 14.8 Å². The first-order chi connectivity index (χ1) is 8.52. The Labute approximate surface area is 107 Å². The third-order valence-electron chi connectivity index (χ3n) is 3.05. The maximum atomic E-state index is 5.67. The molecule has 0 fully saturated rings. The van der Waals surface area contributed by atoms with Crippen molar-refractivity contribution in [2.24, 2.45) is 0 Å². The van der Waals surface area contributed by atoms with Gasteiger partial charge in [-0.15, -0.1) is 0 Å². The zero-order chi connectivity index (χ0) is 13.3. The van der Waals surface area contributed by atoms with E-state index in [1.54, 1.807) is 7.11 Å². The number of nitrogens with zero attached hydrogens (tertiary/aromatic N) is 3. The fourth-order valence-electron chi connectivity index (χ4n) is 2.07. The van der Waals surface area contributed by atoms with E-state index in [9.17, 15) is 0 Å². The summed E-state index contributed by atoms with van der Waals surface area (Å²) in [4.78, 5) is 4.45. The topological polar surface area (TPSA) is 66.0 Å². The lowest BCUT2D eigenvalue weighted by atomic mass is 10.1. The Kier molecular flexibility index (Phi) is 3.23. The Balaban J connectivity index is 2.38. The molecule has 18 heavy (non-hydrogen) atoms. The van der Waals surface area contributed by atoms with Gasteiger partial charge in [0.15, 0.2) is 0 Å². The van der Waals surface area contributed by atoms with Gasteiger partial charge in [0, 0.05) is 29.1 Å². The van der Waals surface area contributed by atoms with Gasteiger partial charge < -0.3 is 10.5 Å². The van der Waals surface area contributed by atoms with Crippen molar-refractivity contribution in [2.45, 2.75) is 27.3 Å². The maximum absolute atomic E-state index is 5.67. The summed E-state index contributed by atoms with van der Waals surface area (Å²) in [6.07, 6.45) is 1.82. The van der Waals surface area contributed by atoms with Crippen LogP contribution < -0.4 is 10.5 Å². The maximum Gasteiger partial charge on any atom is 0.145 e. The Morgan fingerprint density at radius 2 is 2.06 bits per heavy atom. The molecule has 5 heteroatoms. The smallest absolute Gasteiger partial charge is 0.145 e. The highest BCUT2D eigenvalue weighted by molar-refractivity contribution is 5.41. The molecule has 0 saturated carbocycles. The summed E-state index contributed by atoms with van der Waals surface area (Å²) in [5.41, 5.74) is 9.73. The molecule has 0 aromatic carbocycles. The molecule has 0 aliphatic carbocycles. The minimum atomic E-state index is 0.532. The Hall–Kier alpha value is -2.04. The number of ether oxygens (including phenoxy) is 1. The number of pyridine rings is 1. The molecule has 0 aliphatic rings. The van der Waals surface area contributed by atoms with Crippen LogP contribution in [-0.4, -0.2) is 21.9 Å². The highest BCUT2D eigenvalue weighted by atomic mass is 16.5. The lowest BCUT2D eigenvalue weighted by molar-refractivity contribution is 0.406. The van der Waals surface area contributed by atoms with Gasteiger partial charge in [-0.05, 0) is 20.8 Å². The minimum absolute atomic E-state index is 0.532. The monoisotopic (exact) mass is 246 g/mol. The molecule has 2 heterocycles. The Morgan fingerprint density at radius 3 is 2.61 bits per heavy atom. The second kappa shape index (κ2) is 4.68. The van der Waals surface area contributed by atoms with E-state index in [1.807, 2.05) is 37.7 Å². The molecule has 0 spiro atoms. The van der Waals surface area contributed by atoms with Crippen molar-refractivity contribution >= 4 is 5.82 Å². The van der Waals surface area contributed by atoms with Crippen LogP contribution in [0.5, 0.6) is 5.75 Å². The summed E-state index contributed by atoms with van der Waals surface area (Å²) < 4.78 is 7.24. The van der Waals surface area contributed by atoms with Crippen LogP contribution in [0.25, 0.3) is 0 Å². The second-order valence-electron chi connectivity index (χ2n) is 4.41. The number of nitrogen functional groups attached to an aromatic ring is 1. The van der Waals surface area contributed by atoms with Crippen LogP contribution in [0, 0.1) is 20.8 Å². The number of aryl methyl sites for hydroxylation is 2. The third-order valence-corrected chi connectivity index (χ3v) is 3.05. The number of anilines is 1. The summed E-state index contributed by atoms with van der Waals surface area (Å²) in [6, 6.07) is 1.85. The van der Waals surface area contributed by atoms with E-state index in [0.717, 1.165) is 28.3 Å². The molecule has 5 nitrogen and oxygen atoms in total. The van der Waals surface area contributed by atoms with E-state index >= 15 is 0 Å². The SMILES string of the molecule is COc1c(C)cnc(Cn2nc(N)cc2C)c1C. The van der Waals surface area contributed by atoms with E-state index in [2.05, 4.69) is 10.1 Å². The molecule has 0 saturated heterocycles. The largest absolute Gasteiger partial charge is 0.496 e. The molecular weight excluding hydrogens is 228 g/mol. The molecule has 0 bridgehead atoms. The average Bonchev–Trinajstić information content (AvgIpc) is 2.62. The minimum Gasteiger partial charge on any atom is -0.496 e. The van der Waals surface area contributed by atoms with Crippen LogP contribution in [0.3, 0.4) is 0 Å². The van der Waals surface area contributed by atoms with Crippen LogP contribution >= 0.6 is 0 Å². The number of methoxy groups -OCH3 is 1. The van der Waals surface area contributed by atoms with Crippen molar-refractivity contribution in [3.8, 4) is 5.75 Å². The standard InChI is InChI=1S/C13H18N4O/c1-8-6-15-11(10(3)13(8)18-4)7-17-9(2)5-12(14)16-17/h5-6H,7H2,1-4H3,(H2,14,16). The van der Waals surface area contributed by atoms with Crippen molar-refractivity contribution in [3.63, 3.8) is 0 Å². The molecule has 0 radical (unpaired) electrons. The van der Waals surface area contributed by atoms with Gasteiger partial charge in [0.05, 0.1) is 19.3 Å². The molecule has 2 aromatic rings. The van der Waals surface area contributed by atoms with Crippen molar-refractivity contribution in [2.75, 3.05) is 12.8 Å². The average molecular weight is 246 g/mol. The first-order valence-electron chi connectivity index (χ1n) is 5.82. The number of aromatic nitrogens is 3. The first kappa shape index (κ1) is 12.4. The number of hydrogen-bond donors (Lipinski definition) is 1. The van der Waals surface area contributed by atoms with Gasteiger partial charge in [0.1, 0.15) is 11.6 Å². The molecule has 96 valence electrons. The number of hydrogen-bond acceptors (Lipinski definition) is 4. The van der Waals surface area contributed by atoms with E-state index in [1.165, 1.54) is 0 Å². The molecular formula is C13H18N4O. The highest BCUT2D eigenvalue weighted by Gasteiger charge is 2.11. The Bertz CT molecular complexity index is 575. The summed E-state index contributed by atoms with van der Waals surface area (Å²) in [5.74, 6) is 1.42. The normalized spacial score (nSPS) is 10.7. The molecule has 0 aliphatic heterocycles.